The van der Waals surface area contributed by atoms with Crippen molar-refractivity contribution in [2.75, 3.05) is 13.7 Å². The van der Waals surface area contributed by atoms with E-state index in [0.717, 1.165) is 16.9 Å². The van der Waals surface area contributed by atoms with Crippen LogP contribution in [0.25, 0.3) is 0 Å². The van der Waals surface area contributed by atoms with Crippen LogP contribution in [0.15, 0.2) is 12.1 Å². The number of likely N-dealkylation sites (N-methyl/N-ethyl adjacent to an activating group) is 1. The molecule has 116 valence electrons. The van der Waals surface area contributed by atoms with Crippen molar-refractivity contribution in [2.24, 2.45) is 0 Å². The highest BCUT2D eigenvalue weighted by atomic mass is 16.5. The van der Waals surface area contributed by atoms with E-state index in [4.69, 9.17) is 9.84 Å². The molecule has 0 heterocycles. The summed E-state index contributed by atoms with van der Waals surface area (Å²) in [6.45, 7) is 6.25. The standard InChI is InChI=1S/C16H23NO4/c1-5-17-13(6-7-15(18)19)16(20)12-8-11(3)14(21-4)9-10(12)2/h8-9,13,17H,5-7H2,1-4H3,(H,18,19). The first-order valence-corrected chi connectivity index (χ1v) is 7.05. The second-order valence-corrected chi connectivity index (χ2v) is 5.04. The molecular formula is C16H23NO4. The average molecular weight is 293 g/mol. The first-order chi connectivity index (χ1) is 9.90. The minimum Gasteiger partial charge on any atom is -0.496 e. The van der Waals surface area contributed by atoms with Crippen molar-refractivity contribution >= 4 is 11.8 Å². The highest BCUT2D eigenvalue weighted by Crippen LogP contribution is 2.24. The van der Waals surface area contributed by atoms with E-state index in [1.165, 1.54) is 0 Å². The van der Waals surface area contributed by atoms with Crippen LogP contribution in [0.4, 0.5) is 0 Å². The number of ether oxygens (including phenoxy) is 1. The predicted octanol–water partition coefficient (Wildman–Crippen LogP) is 2.34. The second kappa shape index (κ2) is 7.78. The molecule has 1 aromatic rings. The van der Waals surface area contributed by atoms with E-state index in [9.17, 15) is 9.59 Å². The third-order valence-corrected chi connectivity index (χ3v) is 3.42. The number of carboxylic acids is 1. The minimum atomic E-state index is -0.895. The minimum absolute atomic E-state index is 0.0302. The molecule has 5 heteroatoms. The Morgan fingerprint density at radius 3 is 2.48 bits per heavy atom. The summed E-state index contributed by atoms with van der Waals surface area (Å²) in [5.41, 5.74) is 2.34. The molecule has 1 rings (SSSR count). The highest BCUT2D eigenvalue weighted by molar-refractivity contribution is 6.01. The smallest absolute Gasteiger partial charge is 0.303 e. The number of Topliss-reactive ketones (excluding diaryl/α,β-unsaturated/α-hetero) is 1. The van der Waals surface area contributed by atoms with Crippen molar-refractivity contribution in [3.63, 3.8) is 0 Å². The quantitative estimate of drug-likeness (QED) is 0.720. The Morgan fingerprint density at radius 2 is 1.95 bits per heavy atom. The van der Waals surface area contributed by atoms with Gasteiger partial charge in [-0.05, 0) is 50.1 Å². The molecule has 0 bridgehead atoms. The van der Waals surface area contributed by atoms with Gasteiger partial charge in [0.25, 0.3) is 0 Å². The van der Waals surface area contributed by atoms with E-state index < -0.39 is 12.0 Å². The van der Waals surface area contributed by atoms with E-state index in [0.29, 0.717) is 12.1 Å². The van der Waals surface area contributed by atoms with Gasteiger partial charge >= 0.3 is 5.97 Å². The Bertz CT molecular complexity index is 525. The lowest BCUT2D eigenvalue weighted by molar-refractivity contribution is -0.137. The van der Waals surface area contributed by atoms with Gasteiger partial charge in [0, 0.05) is 12.0 Å². The topological polar surface area (TPSA) is 75.6 Å². The number of hydrogen-bond acceptors (Lipinski definition) is 4. The fourth-order valence-electron chi connectivity index (χ4n) is 2.30. The summed E-state index contributed by atoms with van der Waals surface area (Å²) in [6.07, 6.45) is 0.254. The zero-order chi connectivity index (χ0) is 16.0. The zero-order valence-corrected chi connectivity index (χ0v) is 13.0. The first-order valence-electron chi connectivity index (χ1n) is 7.05. The molecule has 0 amide bonds. The molecule has 1 unspecified atom stereocenters. The van der Waals surface area contributed by atoms with Crippen LogP contribution in [-0.4, -0.2) is 36.6 Å². The summed E-state index contributed by atoms with van der Waals surface area (Å²) in [5, 5.41) is 11.9. The van der Waals surface area contributed by atoms with E-state index in [2.05, 4.69) is 5.32 Å². The van der Waals surface area contributed by atoms with Crippen molar-refractivity contribution in [1.82, 2.24) is 5.32 Å². The lowest BCUT2D eigenvalue weighted by Gasteiger charge is -2.18. The number of carboxylic acid groups (broad SMARTS) is 1. The second-order valence-electron chi connectivity index (χ2n) is 5.04. The number of aliphatic carboxylic acids is 1. The van der Waals surface area contributed by atoms with Gasteiger partial charge in [-0.25, -0.2) is 0 Å². The molecule has 0 fully saturated rings. The molecule has 0 radical (unpaired) electrons. The number of hydrogen-bond donors (Lipinski definition) is 2. The Hall–Kier alpha value is -1.88. The van der Waals surface area contributed by atoms with Gasteiger partial charge in [0.2, 0.25) is 0 Å². The van der Waals surface area contributed by atoms with Crippen LogP contribution in [0.2, 0.25) is 0 Å². The van der Waals surface area contributed by atoms with Gasteiger partial charge in [-0.2, -0.15) is 0 Å². The summed E-state index contributed by atoms with van der Waals surface area (Å²) in [4.78, 5) is 23.3. The number of carbonyl (C=O) groups excluding carboxylic acids is 1. The Labute approximate surface area is 125 Å². The molecule has 0 aliphatic rings. The van der Waals surface area contributed by atoms with Crippen molar-refractivity contribution in [3.05, 3.63) is 28.8 Å². The van der Waals surface area contributed by atoms with Gasteiger partial charge in [-0.3, -0.25) is 9.59 Å². The van der Waals surface area contributed by atoms with Crippen molar-refractivity contribution in [3.8, 4) is 5.75 Å². The van der Waals surface area contributed by atoms with Crippen LogP contribution < -0.4 is 10.1 Å². The van der Waals surface area contributed by atoms with Gasteiger partial charge in [-0.15, -0.1) is 0 Å². The number of ketones is 1. The molecule has 21 heavy (non-hydrogen) atoms. The highest BCUT2D eigenvalue weighted by Gasteiger charge is 2.22. The normalized spacial score (nSPS) is 12.0. The van der Waals surface area contributed by atoms with Crippen LogP contribution in [-0.2, 0) is 4.79 Å². The van der Waals surface area contributed by atoms with Gasteiger partial charge in [0.15, 0.2) is 5.78 Å². The molecule has 1 atom stereocenters. The number of methoxy groups -OCH3 is 1. The summed E-state index contributed by atoms with van der Waals surface area (Å²) in [6, 6.07) is 3.17. The molecule has 0 saturated carbocycles. The maximum atomic E-state index is 12.6. The molecule has 0 spiro atoms. The summed E-state index contributed by atoms with van der Waals surface area (Å²) >= 11 is 0. The molecule has 2 N–H and O–H groups in total. The van der Waals surface area contributed by atoms with E-state index >= 15 is 0 Å². The van der Waals surface area contributed by atoms with Crippen molar-refractivity contribution < 1.29 is 19.4 Å². The summed E-state index contributed by atoms with van der Waals surface area (Å²) in [7, 11) is 1.59. The molecule has 5 nitrogen and oxygen atoms in total. The third-order valence-electron chi connectivity index (χ3n) is 3.42. The van der Waals surface area contributed by atoms with Crippen LogP contribution in [0.1, 0.15) is 41.3 Å². The van der Waals surface area contributed by atoms with Crippen molar-refractivity contribution in [2.45, 2.75) is 39.7 Å². The van der Waals surface area contributed by atoms with Gasteiger partial charge in [0.1, 0.15) is 5.75 Å². The van der Waals surface area contributed by atoms with Crippen LogP contribution >= 0.6 is 0 Å². The largest absolute Gasteiger partial charge is 0.496 e. The monoisotopic (exact) mass is 293 g/mol. The van der Waals surface area contributed by atoms with Crippen LogP contribution in [0, 0.1) is 13.8 Å². The molecule has 1 aromatic carbocycles. The number of aryl methyl sites for hydroxylation is 2. The molecule has 0 saturated heterocycles. The maximum absolute atomic E-state index is 12.6. The number of carbonyl (C=O) groups is 2. The van der Waals surface area contributed by atoms with Crippen LogP contribution in [0.3, 0.4) is 0 Å². The summed E-state index contributed by atoms with van der Waals surface area (Å²) < 4.78 is 5.24. The van der Waals surface area contributed by atoms with E-state index in [1.54, 1.807) is 7.11 Å². The molecular weight excluding hydrogens is 270 g/mol. The Kier molecular flexibility index (Phi) is 6.37. The maximum Gasteiger partial charge on any atom is 0.303 e. The lowest BCUT2D eigenvalue weighted by Crippen LogP contribution is -2.37. The SMILES string of the molecule is CCNC(CCC(=O)O)C(=O)c1cc(C)c(OC)cc1C. The van der Waals surface area contributed by atoms with Crippen molar-refractivity contribution in [1.29, 1.82) is 0 Å². The summed E-state index contributed by atoms with van der Waals surface area (Å²) in [5.74, 6) is -0.218. The predicted molar refractivity (Wildman–Crippen MR) is 81.1 cm³/mol. The average Bonchev–Trinajstić information content (AvgIpc) is 2.44. The van der Waals surface area contributed by atoms with Gasteiger partial charge in [0.05, 0.1) is 13.2 Å². The zero-order valence-electron chi connectivity index (χ0n) is 13.0. The van der Waals surface area contributed by atoms with Gasteiger partial charge < -0.3 is 15.2 Å². The van der Waals surface area contributed by atoms with E-state index in [-0.39, 0.29) is 18.6 Å². The number of nitrogens with one attached hydrogen (secondary N) is 1. The Balaban J connectivity index is 3.02. The van der Waals surface area contributed by atoms with Crippen LogP contribution in [0.5, 0.6) is 5.75 Å². The number of rotatable bonds is 8. The van der Waals surface area contributed by atoms with Gasteiger partial charge in [-0.1, -0.05) is 6.92 Å². The van der Waals surface area contributed by atoms with E-state index in [1.807, 2.05) is 32.9 Å². The first kappa shape index (κ1) is 17.2. The fourth-order valence-corrected chi connectivity index (χ4v) is 2.30. The Morgan fingerprint density at radius 1 is 1.29 bits per heavy atom. The fraction of sp³-hybridized carbons (Fsp3) is 0.500. The molecule has 0 aliphatic carbocycles. The molecule has 0 aromatic heterocycles. The molecule has 0 aliphatic heterocycles. The number of benzene rings is 1. The third kappa shape index (κ3) is 4.56. The lowest BCUT2D eigenvalue weighted by atomic mass is 9.94.